The first kappa shape index (κ1) is 19.7. The molecule has 6 nitrogen and oxygen atoms in total. The Labute approximate surface area is 159 Å². The molecule has 2 aromatic rings. The summed E-state index contributed by atoms with van der Waals surface area (Å²) >= 11 is 1.95. The van der Waals surface area contributed by atoms with Crippen molar-refractivity contribution in [3.63, 3.8) is 0 Å². The summed E-state index contributed by atoms with van der Waals surface area (Å²) in [5.74, 6) is -0.963. The minimum absolute atomic E-state index is 0.0855. The second-order valence-corrected chi connectivity index (χ2v) is 7.03. The van der Waals surface area contributed by atoms with Gasteiger partial charge in [-0.1, -0.05) is 12.1 Å². The summed E-state index contributed by atoms with van der Waals surface area (Å²) in [6.45, 7) is 5.10. The number of thiophene rings is 1. The lowest BCUT2D eigenvalue weighted by atomic mass is 10.1. The van der Waals surface area contributed by atoms with Crippen LogP contribution in [0.2, 0.25) is 0 Å². The fraction of sp³-hybridized carbons (Fsp3) is 0.222. The monoisotopic (exact) mass is 388 g/mol. The summed E-state index contributed by atoms with van der Waals surface area (Å²) in [5, 5.41) is 14.1. The zero-order valence-electron chi connectivity index (χ0n) is 14.4. The Kier molecular flexibility index (Phi) is 6.55. The molecule has 0 saturated heterocycles. The summed E-state index contributed by atoms with van der Waals surface area (Å²) < 4.78 is 5.02. The number of hydrogen-bond donors (Lipinski definition) is 1. The third kappa shape index (κ3) is 4.31. The van der Waals surface area contributed by atoms with E-state index in [2.05, 4.69) is 5.32 Å². The highest BCUT2D eigenvalue weighted by molar-refractivity contribution is 8.04. The molecule has 26 heavy (non-hydrogen) atoms. The molecule has 0 radical (unpaired) electrons. The number of thioether (sulfide) groups is 1. The van der Waals surface area contributed by atoms with Crippen LogP contribution in [0.5, 0.6) is 0 Å². The van der Waals surface area contributed by atoms with E-state index in [0.29, 0.717) is 31.5 Å². The van der Waals surface area contributed by atoms with E-state index in [1.165, 1.54) is 6.92 Å². The molecular weight excluding hydrogens is 372 g/mol. The van der Waals surface area contributed by atoms with E-state index in [0.717, 1.165) is 23.1 Å². The molecule has 0 saturated carbocycles. The Balaban J connectivity index is 2.31. The molecule has 0 unspecified atom stereocenters. The summed E-state index contributed by atoms with van der Waals surface area (Å²) in [6, 6.07) is 6.25. The average molecular weight is 388 g/mol. The number of carbonyl (C=O) groups excluding carboxylic acids is 3. The fourth-order valence-electron chi connectivity index (χ4n) is 2.17. The topological polar surface area (TPSA) is 96.3 Å². The van der Waals surface area contributed by atoms with Gasteiger partial charge in [-0.05, 0) is 50.2 Å². The highest BCUT2D eigenvalue weighted by Gasteiger charge is 2.23. The number of ketones is 1. The standard InChI is InChI=1S/C18H16N2O4S2/c1-4-24-18(23)15-10(2)14(25-9-19)17(26-15)20-16(22)13-7-5-12(6-8-13)11(3)21/h5-8H,4H2,1-3H3,(H,20,22). The Bertz CT molecular complexity index is 895. The quantitative estimate of drug-likeness (QED) is 0.344. The summed E-state index contributed by atoms with van der Waals surface area (Å²) in [7, 11) is 0. The first-order valence-corrected chi connectivity index (χ1v) is 9.31. The number of hydrogen-bond acceptors (Lipinski definition) is 7. The van der Waals surface area contributed by atoms with Crippen molar-refractivity contribution >= 4 is 45.8 Å². The smallest absolute Gasteiger partial charge is 0.348 e. The number of anilines is 1. The molecule has 0 fully saturated rings. The van der Waals surface area contributed by atoms with Crippen LogP contribution in [0.3, 0.4) is 0 Å². The van der Waals surface area contributed by atoms with Gasteiger partial charge in [0.05, 0.1) is 11.5 Å². The molecule has 0 aliphatic heterocycles. The van der Waals surface area contributed by atoms with Crippen molar-refractivity contribution in [2.75, 3.05) is 11.9 Å². The molecule has 8 heteroatoms. The van der Waals surface area contributed by atoms with Gasteiger partial charge in [0.15, 0.2) is 5.78 Å². The molecule has 0 bridgehead atoms. The van der Waals surface area contributed by atoms with Gasteiger partial charge < -0.3 is 10.1 Å². The van der Waals surface area contributed by atoms with Crippen LogP contribution in [0.15, 0.2) is 29.2 Å². The van der Waals surface area contributed by atoms with Crippen molar-refractivity contribution in [2.24, 2.45) is 0 Å². The van der Waals surface area contributed by atoms with Crippen molar-refractivity contribution in [1.82, 2.24) is 0 Å². The van der Waals surface area contributed by atoms with Crippen LogP contribution in [0, 0.1) is 17.6 Å². The molecule has 1 amide bonds. The summed E-state index contributed by atoms with van der Waals surface area (Å²) in [5.41, 5.74) is 1.48. The molecule has 1 aromatic carbocycles. The van der Waals surface area contributed by atoms with Crippen molar-refractivity contribution in [1.29, 1.82) is 5.26 Å². The number of thiocyanates is 1. The van der Waals surface area contributed by atoms with E-state index >= 15 is 0 Å². The fourth-order valence-corrected chi connectivity index (χ4v) is 3.97. The molecular formula is C18H16N2O4S2. The molecule has 2 rings (SSSR count). The lowest BCUT2D eigenvalue weighted by Crippen LogP contribution is -2.11. The van der Waals surface area contributed by atoms with Gasteiger partial charge in [0.2, 0.25) is 0 Å². The van der Waals surface area contributed by atoms with Crippen LogP contribution in [0.1, 0.15) is 49.8 Å². The number of rotatable bonds is 6. The van der Waals surface area contributed by atoms with Crippen molar-refractivity contribution < 1.29 is 19.1 Å². The normalized spacial score (nSPS) is 10.1. The van der Waals surface area contributed by atoms with Crippen LogP contribution < -0.4 is 5.32 Å². The maximum atomic E-state index is 12.5. The zero-order chi connectivity index (χ0) is 19.3. The van der Waals surface area contributed by atoms with Gasteiger partial charge in [-0.3, -0.25) is 9.59 Å². The van der Waals surface area contributed by atoms with Crippen LogP contribution >= 0.6 is 23.1 Å². The molecule has 0 aliphatic rings. The number of esters is 1. The highest BCUT2D eigenvalue weighted by Crippen LogP contribution is 2.40. The molecule has 0 spiro atoms. The van der Waals surface area contributed by atoms with Gasteiger partial charge in [-0.25, -0.2) is 4.79 Å². The van der Waals surface area contributed by atoms with Crippen LogP contribution in [-0.2, 0) is 4.74 Å². The van der Waals surface area contributed by atoms with E-state index < -0.39 is 11.9 Å². The first-order valence-electron chi connectivity index (χ1n) is 7.67. The number of nitrogens with zero attached hydrogens (tertiary/aromatic N) is 1. The zero-order valence-corrected chi connectivity index (χ0v) is 16.0. The highest BCUT2D eigenvalue weighted by atomic mass is 32.2. The van der Waals surface area contributed by atoms with Gasteiger partial charge in [0.1, 0.15) is 15.3 Å². The van der Waals surface area contributed by atoms with Crippen molar-refractivity contribution in [2.45, 2.75) is 25.7 Å². The number of amides is 1. The lowest BCUT2D eigenvalue weighted by Gasteiger charge is -2.05. The van der Waals surface area contributed by atoms with E-state index in [4.69, 9.17) is 10.00 Å². The van der Waals surface area contributed by atoms with Gasteiger partial charge in [-0.2, -0.15) is 5.26 Å². The second kappa shape index (κ2) is 8.65. The summed E-state index contributed by atoms with van der Waals surface area (Å²) in [6.07, 6.45) is 0. The van der Waals surface area contributed by atoms with Gasteiger partial charge in [0.25, 0.3) is 5.91 Å². The maximum absolute atomic E-state index is 12.5. The van der Waals surface area contributed by atoms with E-state index in [-0.39, 0.29) is 12.4 Å². The molecule has 1 heterocycles. The Hall–Kier alpha value is -2.63. The van der Waals surface area contributed by atoms with Crippen LogP contribution in [-0.4, -0.2) is 24.3 Å². The molecule has 1 aromatic heterocycles. The van der Waals surface area contributed by atoms with Crippen molar-refractivity contribution in [3.05, 3.63) is 45.8 Å². The van der Waals surface area contributed by atoms with Gasteiger partial charge in [-0.15, -0.1) is 11.3 Å². The number of Topliss-reactive ketones (excluding diaryl/α,β-unsaturated/α-hetero) is 1. The molecule has 1 N–H and O–H groups in total. The predicted molar refractivity (Wildman–Crippen MR) is 101 cm³/mol. The SMILES string of the molecule is CCOC(=O)c1sc(NC(=O)c2ccc(C(C)=O)cc2)c(SC#N)c1C. The Morgan fingerprint density at radius 2 is 1.85 bits per heavy atom. The van der Waals surface area contributed by atoms with Gasteiger partial charge in [0, 0.05) is 11.1 Å². The number of nitrogens with one attached hydrogen (secondary N) is 1. The second-order valence-electron chi connectivity index (χ2n) is 5.22. The minimum atomic E-state index is -0.485. The Morgan fingerprint density at radius 3 is 2.38 bits per heavy atom. The molecule has 0 atom stereocenters. The number of ether oxygens (including phenoxy) is 1. The third-order valence-corrected chi connectivity index (χ3v) is 5.60. The number of nitriles is 1. The number of carbonyl (C=O) groups is 3. The van der Waals surface area contributed by atoms with Crippen LogP contribution in [0.4, 0.5) is 5.00 Å². The van der Waals surface area contributed by atoms with E-state index in [1.54, 1.807) is 38.1 Å². The third-order valence-electron chi connectivity index (χ3n) is 3.48. The van der Waals surface area contributed by atoms with E-state index in [9.17, 15) is 14.4 Å². The minimum Gasteiger partial charge on any atom is -0.462 e. The summed E-state index contributed by atoms with van der Waals surface area (Å²) in [4.78, 5) is 36.7. The van der Waals surface area contributed by atoms with Crippen molar-refractivity contribution in [3.8, 4) is 5.40 Å². The first-order chi connectivity index (χ1) is 12.4. The van der Waals surface area contributed by atoms with Crippen LogP contribution in [0.25, 0.3) is 0 Å². The predicted octanol–water partition coefficient (Wildman–Crippen LogP) is 4.26. The van der Waals surface area contributed by atoms with E-state index in [1.807, 2.05) is 5.40 Å². The van der Waals surface area contributed by atoms with Gasteiger partial charge >= 0.3 is 5.97 Å². The lowest BCUT2D eigenvalue weighted by molar-refractivity contribution is 0.0531. The number of benzene rings is 1. The largest absolute Gasteiger partial charge is 0.462 e. The Morgan fingerprint density at radius 1 is 1.23 bits per heavy atom. The molecule has 0 aliphatic carbocycles. The molecule has 134 valence electrons. The maximum Gasteiger partial charge on any atom is 0.348 e. The average Bonchev–Trinajstić information content (AvgIpc) is 2.92.